The van der Waals surface area contributed by atoms with Gasteiger partial charge >= 0.3 is 0 Å². The first-order valence-corrected chi connectivity index (χ1v) is 8.16. The van der Waals surface area contributed by atoms with E-state index in [1.54, 1.807) is 35.0 Å². The van der Waals surface area contributed by atoms with Crippen LogP contribution >= 0.6 is 11.6 Å². The fourth-order valence-electron chi connectivity index (χ4n) is 2.48. The van der Waals surface area contributed by atoms with Gasteiger partial charge in [0.2, 0.25) is 0 Å². The number of phenolic OH excluding ortho intramolecular Hbond substituents is 1. The molecule has 0 aliphatic rings. The average molecular weight is 360 g/mol. The highest BCUT2D eigenvalue weighted by Gasteiger charge is 2.12. The van der Waals surface area contributed by atoms with Crippen molar-refractivity contribution in [1.29, 1.82) is 0 Å². The van der Waals surface area contributed by atoms with Crippen LogP contribution in [-0.2, 0) is 6.54 Å². The first-order valence-electron chi connectivity index (χ1n) is 7.78. The monoisotopic (exact) mass is 359 g/mol. The Morgan fingerprint density at radius 3 is 2.68 bits per heavy atom. The third-order valence-corrected chi connectivity index (χ3v) is 4.43. The Morgan fingerprint density at radius 1 is 1.32 bits per heavy atom. The van der Waals surface area contributed by atoms with Crippen LogP contribution in [-0.4, -0.2) is 37.5 Å². The molecule has 2 aromatic heterocycles. The smallest absolute Gasteiger partial charge is 0.269 e. The lowest BCUT2D eigenvalue weighted by Gasteiger charge is -2.05. The number of aromatic amines is 1. The van der Waals surface area contributed by atoms with E-state index in [0.29, 0.717) is 29.5 Å². The minimum atomic E-state index is -0.245. The quantitative estimate of drug-likeness (QED) is 0.652. The number of hydrogen-bond acceptors (Lipinski definition) is 4. The molecule has 3 N–H and O–H groups in total. The molecule has 0 fully saturated rings. The highest BCUT2D eigenvalue weighted by molar-refractivity contribution is 6.31. The topological polar surface area (TPSA) is 95.8 Å². The Bertz CT molecular complexity index is 898. The van der Waals surface area contributed by atoms with Gasteiger partial charge in [0, 0.05) is 12.1 Å². The van der Waals surface area contributed by atoms with Gasteiger partial charge in [-0.15, -0.1) is 0 Å². The maximum atomic E-state index is 12.2. The van der Waals surface area contributed by atoms with Crippen LogP contribution in [0.2, 0.25) is 5.02 Å². The van der Waals surface area contributed by atoms with Crippen LogP contribution < -0.4 is 5.32 Å². The molecule has 0 atom stereocenters. The summed E-state index contributed by atoms with van der Waals surface area (Å²) in [5.74, 6) is -0.0633. The van der Waals surface area contributed by atoms with Gasteiger partial charge in [-0.3, -0.25) is 14.6 Å². The molecule has 0 radical (unpaired) electrons. The normalized spacial score (nSPS) is 10.8. The van der Waals surface area contributed by atoms with Crippen LogP contribution in [0.1, 0.15) is 21.9 Å². The molecule has 0 spiro atoms. The first-order chi connectivity index (χ1) is 12.0. The van der Waals surface area contributed by atoms with Crippen LogP contribution in [0, 0.1) is 13.8 Å². The molecule has 0 bridgehead atoms. The summed E-state index contributed by atoms with van der Waals surface area (Å²) in [7, 11) is 0. The number of halogens is 1. The van der Waals surface area contributed by atoms with E-state index < -0.39 is 0 Å². The lowest BCUT2D eigenvalue weighted by molar-refractivity contribution is 0.0947. The second-order valence-corrected chi connectivity index (χ2v) is 6.06. The maximum Gasteiger partial charge on any atom is 0.269 e. The zero-order valence-electron chi connectivity index (χ0n) is 13.9. The first kappa shape index (κ1) is 17.0. The number of carbonyl (C=O) groups excluding carboxylic acids is 1. The molecule has 7 nitrogen and oxygen atoms in total. The summed E-state index contributed by atoms with van der Waals surface area (Å²) >= 11 is 6.11. The number of aromatic hydroxyl groups is 1. The van der Waals surface area contributed by atoms with E-state index in [9.17, 15) is 9.90 Å². The van der Waals surface area contributed by atoms with Crippen molar-refractivity contribution < 1.29 is 9.90 Å². The molecule has 1 aromatic carbocycles. The highest BCUT2D eigenvalue weighted by atomic mass is 35.5. The minimum absolute atomic E-state index is 0.182. The molecule has 3 rings (SSSR count). The third kappa shape index (κ3) is 3.66. The number of nitrogens with zero attached hydrogens (tertiary/aromatic N) is 3. The average Bonchev–Trinajstić information content (AvgIpc) is 3.18. The van der Waals surface area contributed by atoms with Crippen molar-refractivity contribution in [3.8, 4) is 17.0 Å². The highest BCUT2D eigenvalue weighted by Crippen LogP contribution is 2.20. The van der Waals surface area contributed by atoms with Crippen molar-refractivity contribution in [3.63, 3.8) is 0 Å². The number of phenols is 1. The molecule has 1 amide bonds. The van der Waals surface area contributed by atoms with E-state index in [2.05, 4.69) is 20.6 Å². The number of aromatic nitrogens is 4. The minimum Gasteiger partial charge on any atom is -0.508 e. The van der Waals surface area contributed by atoms with Crippen molar-refractivity contribution in [2.45, 2.75) is 20.4 Å². The second-order valence-electron chi connectivity index (χ2n) is 5.68. The summed E-state index contributed by atoms with van der Waals surface area (Å²) in [6.07, 6.45) is 0. The van der Waals surface area contributed by atoms with E-state index in [1.807, 2.05) is 13.8 Å². The van der Waals surface area contributed by atoms with Crippen molar-refractivity contribution in [1.82, 2.24) is 25.3 Å². The van der Waals surface area contributed by atoms with Crippen LogP contribution in [0.15, 0.2) is 30.3 Å². The van der Waals surface area contributed by atoms with Gasteiger partial charge in [0.25, 0.3) is 5.91 Å². The summed E-state index contributed by atoms with van der Waals surface area (Å²) in [5.41, 5.74) is 3.47. The lowest BCUT2D eigenvalue weighted by atomic mass is 10.1. The number of nitrogens with one attached hydrogen (secondary N) is 2. The van der Waals surface area contributed by atoms with E-state index >= 15 is 0 Å². The summed E-state index contributed by atoms with van der Waals surface area (Å²) in [6, 6.07) is 8.29. The van der Waals surface area contributed by atoms with Gasteiger partial charge in [-0.2, -0.15) is 10.2 Å². The fraction of sp³-hybridized carbons (Fsp3) is 0.235. The predicted octanol–water partition coefficient (Wildman–Crippen LogP) is 2.68. The largest absolute Gasteiger partial charge is 0.508 e. The van der Waals surface area contributed by atoms with Crippen molar-refractivity contribution >= 4 is 17.5 Å². The zero-order valence-corrected chi connectivity index (χ0v) is 14.6. The fourth-order valence-corrected chi connectivity index (χ4v) is 2.62. The molecule has 0 saturated carbocycles. The predicted molar refractivity (Wildman–Crippen MR) is 94.7 cm³/mol. The Balaban J connectivity index is 1.60. The Labute approximate surface area is 149 Å². The summed E-state index contributed by atoms with van der Waals surface area (Å²) in [4.78, 5) is 12.2. The Hall–Kier alpha value is -2.80. The number of rotatable bonds is 5. The van der Waals surface area contributed by atoms with Gasteiger partial charge in [0.05, 0.1) is 28.6 Å². The van der Waals surface area contributed by atoms with Gasteiger partial charge in [0.15, 0.2) is 0 Å². The van der Waals surface area contributed by atoms with E-state index in [4.69, 9.17) is 11.6 Å². The van der Waals surface area contributed by atoms with E-state index in [0.717, 1.165) is 17.0 Å². The van der Waals surface area contributed by atoms with Crippen LogP contribution in [0.4, 0.5) is 0 Å². The lowest BCUT2D eigenvalue weighted by Crippen LogP contribution is -2.28. The van der Waals surface area contributed by atoms with Gasteiger partial charge in [-0.25, -0.2) is 0 Å². The van der Waals surface area contributed by atoms with Crippen molar-refractivity contribution in [2.75, 3.05) is 6.54 Å². The maximum absolute atomic E-state index is 12.2. The van der Waals surface area contributed by atoms with Gasteiger partial charge in [-0.05, 0) is 44.2 Å². The van der Waals surface area contributed by atoms with Crippen LogP contribution in [0.3, 0.4) is 0 Å². The Morgan fingerprint density at radius 2 is 2.04 bits per heavy atom. The molecular weight excluding hydrogens is 342 g/mol. The molecule has 3 aromatic rings. The summed E-state index contributed by atoms with van der Waals surface area (Å²) in [5, 5.41) is 24.0. The van der Waals surface area contributed by atoms with Crippen molar-refractivity contribution in [3.05, 3.63) is 52.4 Å². The molecule has 0 saturated heterocycles. The van der Waals surface area contributed by atoms with Crippen LogP contribution in [0.5, 0.6) is 5.75 Å². The molecule has 25 heavy (non-hydrogen) atoms. The Kier molecular flexibility index (Phi) is 4.76. The number of amides is 1. The van der Waals surface area contributed by atoms with Gasteiger partial charge < -0.3 is 10.4 Å². The SMILES string of the molecule is Cc1nn(CCNC(=O)c2cc(-c3ccc(O)cc3)n[nH]2)c(C)c1Cl. The standard InChI is InChI=1S/C17H18ClN5O2/c1-10-16(18)11(2)23(22-10)8-7-19-17(25)15-9-14(20-21-15)12-3-5-13(24)6-4-12/h3-6,9,24H,7-8H2,1-2H3,(H,19,25)(H,20,21). The molecule has 0 unspecified atom stereocenters. The number of benzene rings is 1. The van der Waals surface area contributed by atoms with Crippen molar-refractivity contribution in [2.24, 2.45) is 0 Å². The summed E-state index contributed by atoms with van der Waals surface area (Å²) in [6.45, 7) is 4.69. The van der Waals surface area contributed by atoms with Crippen LogP contribution in [0.25, 0.3) is 11.3 Å². The molecule has 130 valence electrons. The third-order valence-electron chi connectivity index (χ3n) is 3.89. The number of hydrogen-bond donors (Lipinski definition) is 3. The number of carbonyl (C=O) groups is 1. The molecule has 8 heteroatoms. The second kappa shape index (κ2) is 6.98. The van der Waals surface area contributed by atoms with Gasteiger partial charge in [-0.1, -0.05) is 11.6 Å². The van der Waals surface area contributed by atoms with E-state index in [-0.39, 0.29) is 11.7 Å². The number of H-pyrrole nitrogens is 1. The summed E-state index contributed by atoms with van der Waals surface area (Å²) < 4.78 is 1.77. The molecule has 0 aliphatic carbocycles. The molecule has 0 aliphatic heterocycles. The zero-order chi connectivity index (χ0) is 18.0. The van der Waals surface area contributed by atoms with E-state index in [1.165, 1.54) is 0 Å². The molecule has 2 heterocycles. The molecular formula is C17H18ClN5O2. The van der Waals surface area contributed by atoms with Gasteiger partial charge in [0.1, 0.15) is 11.4 Å². The number of aryl methyl sites for hydroxylation is 1.